The number of imidazole rings is 1. The topological polar surface area (TPSA) is 180 Å². The van der Waals surface area contributed by atoms with Gasteiger partial charge in [-0.15, -0.1) is 0 Å². The van der Waals surface area contributed by atoms with Crippen LogP contribution in [0, 0.1) is 10.1 Å². The lowest BCUT2D eigenvalue weighted by molar-refractivity contribution is -0.384. The summed E-state index contributed by atoms with van der Waals surface area (Å²) in [5.74, 6) is -3.25. The Hall–Kier alpha value is -5.31. The summed E-state index contributed by atoms with van der Waals surface area (Å²) < 4.78 is 36.2. The number of aromatic nitrogens is 2. The van der Waals surface area contributed by atoms with E-state index in [0.29, 0.717) is 5.75 Å². The fourth-order valence-corrected chi connectivity index (χ4v) is 6.32. The van der Waals surface area contributed by atoms with Crippen molar-refractivity contribution in [2.24, 2.45) is 0 Å². The minimum absolute atomic E-state index is 0.00209. The van der Waals surface area contributed by atoms with Gasteiger partial charge < -0.3 is 28.8 Å². The Morgan fingerprint density at radius 1 is 0.936 bits per heavy atom. The number of hydrogen-bond acceptors (Lipinski definition) is 12. The van der Waals surface area contributed by atoms with Crippen LogP contribution in [0.25, 0.3) is 0 Å². The molecule has 248 valence electrons. The van der Waals surface area contributed by atoms with Gasteiger partial charge in [0.15, 0.2) is 5.69 Å². The van der Waals surface area contributed by atoms with Gasteiger partial charge in [-0.05, 0) is 45.4 Å². The third kappa shape index (κ3) is 7.41. The molecule has 0 saturated heterocycles. The van der Waals surface area contributed by atoms with Crippen molar-refractivity contribution in [2.75, 3.05) is 26.9 Å². The van der Waals surface area contributed by atoms with Crippen molar-refractivity contribution in [2.45, 2.75) is 45.4 Å². The van der Waals surface area contributed by atoms with Gasteiger partial charge in [0.1, 0.15) is 28.2 Å². The first-order valence-corrected chi connectivity index (χ1v) is 15.8. The Morgan fingerprint density at radius 2 is 1.55 bits per heavy atom. The highest BCUT2D eigenvalue weighted by atomic mass is 32.2. The molecule has 47 heavy (non-hydrogen) atoms. The number of benzene rings is 2. The average molecular weight is 667 g/mol. The molecule has 14 nitrogen and oxygen atoms in total. The number of nitrogens with one attached hydrogen (secondary N) is 1. The number of esters is 3. The second kappa shape index (κ2) is 15.3. The van der Waals surface area contributed by atoms with Crippen molar-refractivity contribution in [3.63, 3.8) is 0 Å². The van der Waals surface area contributed by atoms with E-state index in [4.69, 9.17) is 18.9 Å². The van der Waals surface area contributed by atoms with Crippen molar-refractivity contribution in [3.05, 3.63) is 104 Å². The van der Waals surface area contributed by atoms with Gasteiger partial charge in [0.2, 0.25) is 5.16 Å². The lowest BCUT2D eigenvalue weighted by atomic mass is 9.81. The highest BCUT2D eigenvalue weighted by Crippen LogP contribution is 2.44. The number of rotatable bonds is 13. The number of hydrogen-bond donors (Lipinski definition) is 1. The lowest BCUT2D eigenvalue weighted by Gasteiger charge is -2.35. The van der Waals surface area contributed by atoms with Crippen LogP contribution in [0.4, 0.5) is 5.69 Å². The number of para-hydroxylation sites is 1. The number of nitrogens with zero attached hydrogens (tertiary/aromatic N) is 3. The van der Waals surface area contributed by atoms with E-state index in [0.717, 1.165) is 0 Å². The van der Waals surface area contributed by atoms with Gasteiger partial charge in [0.05, 0.1) is 47.5 Å². The first-order chi connectivity index (χ1) is 22.5. The summed E-state index contributed by atoms with van der Waals surface area (Å²) in [5, 5.41) is 11.4. The van der Waals surface area contributed by atoms with Gasteiger partial charge in [-0.1, -0.05) is 30.3 Å². The quantitative estimate of drug-likeness (QED) is 0.117. The Kier molecular flexibility index (Phi) is 11.3. The number of ether oxygens (including phenoxy) is 4. The number of non-ortho nitro benzene ring substituents is 1. The minimum atomic E-state index is -2.32. The van der Waals surface area contributed by atoms with E-state index in [2.05, 4.69) is 9.97 Å². The largest absolute Gasteiger partial charge is 0.487 e. The van der Waals surface area contributed by atoms with Gasteiger partial charge in [-0.25, -0.2) is 23.6 Å². The van der Waals surface area contributed by atoms with Crippen LogP contribution in [-0.2, 0) is 41.2 Å². The molecule has 2 atom stereocenters. The number of nitro benzene ring substituents is 1. The van der Waals surface area contributed by atoms with Crippen LogP contribution in [0.15, 0.2) is 81.6 Å². The third-order valence-electron chi connectivity index (χ3n) is 7.11. The van der Waals surface area contributed by atoms with Gasteiger partial charge in [0.25, 0.3) is 5.69 Å². The maximum Gasteiger partial charge on any atom is 0.358 e. The third-order valence-corrected chi connectivity index (χ3v) is 8.50. The summed E-state index contributed by atoms with van der Waals surface area (Å²) in [7, 11) is -0.819. The first-order valence-electron chi connectivity index (χ1n) is 14.7. The standard InChI is InChI=1S/C32H34N4O10S/c1-6-43-29(37)24-19(4)35(5)28(26(30(38)44-7-2)25(24)20-13-12-14-21(17-20)36(40)41)47(42)32-33-23(27(34-32)31(39)45-8-3)18-46-22-15-10-9-11-16-22/h9-17,25H,6-8,18H2,1-5H3,(H,33,34). The molecule has 1 aliphatic heterocycles. The fraction of sp³-hybridized carbons (Fsp3) is 0.312. The number of carbonyl (C=O) groups is 3. The van der Waals surface area contributed by atoms with E-state index < -0.39 is 39.5 Å². The maximum absolute atomic E-state index is 14.5. The van der Waals surface area contributed by atoms with Gasteiger partial charge in [-0.2, -0.15) is 0 Å². The van der Waals surface area contributed by atoms with E-state index in [1.807, 2.05) is 6.07 Å². The summed E-state index contributed by atoms with van der Waals surface area (Å²) in [5.41, 5.74) is -0.0571. The van der Waals surface area contributed by atoms with Crippen LogP contribution in [0.3, 0.4) is 0 Å². The number of aromatic amines is 1. The zero-order chi connectivity index (χ0) is 34.2. The predicted octanol–water partition coefficient (Wildman–Crippen LogP) is 4.52. The molecule has 2 aromatic carbocycles. The van der Waals surface area contributed by atoms with Crippen LogP contribution in [0.2, 0.25) is 0 Å². The summed E-state index contributed by atoms with van der Waals surface area (Å²) in [4.78, 5) is 59.8. The molecule has 0 spiro atoms. The number of nitro groups is 1. The monoisotopic (exact) mass is 666 g/mol. The highest BCUT2D eigenvalue weighted by Gasteiger charge is 2.44. The number of allylic oxidation sites excluding steroid dienone is 1. The molecule has 0 radical (unpaired) electrons. The van der Waals surface area contributed by atoms with E-state index in [9.17, 15) is 28.7 Å². The molecule has 2 heterocycles. The van der Waals surface area contributed by atoms with Crippen LogP contribution >= 0.6 is 0 Å². The van der Waals surface area contributed by atoms with Crippen LogP contribution < -0.4 is 4.74 Å². The Labute approximate surface area is 273 Å². The summed E-state index contributed by atoms with van der Waals surface area (Å²) >= 11 is 0. The molecule has 0 aliphatic carbocycles. The number of H-pyrrole nitrogens is 1. The van der Waals surface area contributed by atoms with Crippen molar-refractivity contribution in [3.8, 4) is 5.75 Å². The molecule has 1 aliphatic rings. The summed E-state index contributed by atoms with van der Waals surface area (Å²) in [6, 6.07) is 14.2. The molecule has 0 amide bonds. The molecule has 0 saturated carbocycles. The average Bonchev–Trinajstić information content (AvgIpc) is 3.49. The second-order valence-electron chi connectivity index (χ2n) is 9.96. The Morgan fingerprint density at radius 3 is 2.17 bits per heavy atom. The van der Waals surface area contributed by atoms with Crippen molar-refractivity contribution >= 4 is 34.4 Å². The first kappa shape index (κ1) is 34.6. The number of carbonyl (C=O) groups excluding carboxylic acids is 3. The smallest absolute Gasteiger partial charge is 0.358 e. The SMILES string of the molecule is CCOC(=O)C1=C(C)N(C)C(S(=O)c2nc(C(=O)OCC)c(COc3ccccc3)[nH]2)=C(C(=O)OCC)C1c1cccc([N+](=O)[O-])c1. The van der Waals surface area contributed by atoms with Gasteiger partial charge in [-0.3, -0.25) is 10.1 Å². The fourth-order valence-electron chi connectivity index (χ4n) is 4.96. The molecule has 0 fully saturated rings. The zero-order valence-electron chi connectivity index (χ0n) is 26.4. The molecular formula is C32H34N4O10S. The summed E-state index contributed by atoms with van der Waals surface area (Å²) in [6.07, 6.45) is 0. The van der Waals surface area contributed by atoms with E-state index in [1.165, 1.54) is 36.2 Å². The second-order valence-corrected chi connectivity index (χ2v) is 11.3. The molecule has 0 bridgehead atoms. The van der Waals surface area contributed by atoms with Gasteiger partial charge in [0, 0.05) is 24.9 Å². The van der Waals surface area contributed by atoms with Crippen LogP contribution in [0.1, 0.15) is 55.4 Å². The Balaban J connectivity index is 1.94. The normalized spacial score (nSPS) is 15.3. The molecule has 3 aromatic rings. The molecule has 1 aromatic heterocycles. The summed E-state index contributed by atoms with van der Waals surface area (Å²) in [6.45, 7) is 6.22. The molecular weight excluding hydrogens is 632 g/mol. The predicted molar refractivity (Wildman–Crippen MR) is 168 cm³/mol. The van der Waals surface area contributed by atoms with E-state index in [1.54, 1.807) is 52.0 Å². The molecule has 1 N–H and O–H groups in total. The lowest BCUT2D eigenvalue weighted by Crippen LogP contribution is -2.36. The van der Waals surface area contributed by atoms with E-state index in [-0.39, 0.29) is 76.1 Å². The van der Waals surface area contributed by atoms with Crippen molar-refractivity contribution in [1.29, 1.82) is 0 Å². The molecule has 4 rings (SSSR count). The van der Waals surface area contributed by atoms with Crippen molar-refractivity contribution < 1.29 is 42.5 Å². The highest BCUT2D eigenvalue weighted by molar-refractivity contribution is 7.88. The minimum Gasteiger partial charge on any atom is -0.487 e. The van der Waals surface area contributed by atoms with Crippen LogP contribution in [0.5, 0.6) is 5.75 Å². The maximum atomic E-state index is 14.5. The van der Waals surface area contributed by atoms with Gasteiger partial charge >= 0.3 is 17.9 Å². The molecule has 15 heteroatoms. The van der Waals surface area contributed by atoms with Crippen molar-refractivity contribution in [1.82, 2.24) is 14.9 Å². The van der Waals surface area contributed by atoms with Crippen LogP contribution in [-0.4, -0.2) is 68.8 Å². The molecule has 2 unspecified atom stereocenters. The van der Waals surface area contributed by atoms with E-state index >= 15 is 0 Å². The Bertz CT molecular complexity index is 1770. The zero-order valence-corrected chi connectivity index (χ0v) is 27.3.